The summed E-state index contributed by atoms with van der Waals surface area (Å²) in [7, 11) is -2.05. The molecule has 0 radical (unpaired) electrons. The lowest BCUT2D eigenvalue weighted by Gasteiger charge is -2.40. The highest BCUT2D eigenvalue weighted by atomic mass is 35.6. The Labute approximate surface area is 112 Å². The summed E-state index contributed by atoms with van der Waals surface area (Å²) in [6, 6.07) is 10.7. The van der Waals surface area contributed by atoms with Gasteiger partial charge >= 0.3 is 0 Å². The minimum Gasteiger partial charge on any atom is -0.309 e. The van der Waals surface area contributed by atoms with Gasteiger partial charge in [-0.25, -0.2) is 0 Å². The summed E-state index contributed by atoms with van der Waals surface area (Å²) in [6.45, 7) is 11.0. The van der Waals surface area contributed by atoms with Crippen molar-refractivity contribution in [1.29, 1.82) is 0 Å². The van der Waals surface area contributed by atoms with Crippen LogP contribution in [0, 0.1) is 0 Å². The minimum atomic E-state index is -2.05. The zero-order valence-electron chi connectivity index (χ0n) is 11.4. The first-order valence-corrected chi connectivity index (χ1v) is 9.64. The number of hydrogen-bond acceptors (Lipinski definition) is 1. The maximum atomic E-state index is 7.15. The standard InChI is InChI=1S/C14H24ClNSi/c1-5-13(4)17(15,16(6-2)7-3)14-11-9-8-10-12-14/h8-13H,5-7H2,1-4H3. The van der Waals surface area contributed by atoms with Crippen molar-refractivity contribution in [2.45, 2.75) is 39.7 Å². The molecule has 0 aliphatic rings. The average molecular weight is 270 g/mol. The van der Waals surface area contributed by atoms with Gasteiger partial charge in [-0.2, -0.15) is 0 Å². The first-order valence-electron chi connectivity index (χ1n) is 6.60. The molecule has 0 aliphatic carbocycles. The fraction of sp³-hybridized carbons (Fsp3) is 0.571. The van der Waals surface area contributed by atoms with Gasteiger partial charge in [-0.15, -0.1) is 11.1 Å². The molecule has 0 saturated heterocycles. The highest BCUT2D eigenvalue weighted by molar-refractivity contribution is 7.26. The van der Waals surface area contributed by atoms with Crippen LogP contribution in [0.4, 0.5) is 0 Å². The summed E-state index contributed by atoms with van der Waals surface area (Å²) in [6.07, 6.45) is 1.14. The molecule has 0 heterocycles. The van der Waals surface area contributed by atoms with Gasteiger partial charge in [-0.05, 0) is 23.8 Å². The predicted octanol–water partition coefficient (Wildman–Crippen LogP) is 3.72. The Kier molecular flexibility index (Phi) is 5.70. The van der Waals surface area contributed by atoms with Crippen LogP contribution in [0.25, 0.3) is 0 Å². The van der Waals surface area contributed by atoms with E-state index in [4.69, 9.17) is 11.1 Å². The molecule has 17 heavy (non-hydrogen) atoms. The summed E-state index contributed by atoms with van der Waals surface area (Å²) in [4.78, 5) is 0. The molecule has 2 unspecified atom stereocenters. The molecular formula is C14H24ClNSi. The van der Waals surface area contributed by atoms with E-state index < -0.39 is 7.55 Å². The van der Waals surface area contributed by atoms with Crippen molar-refractivity contribution in [3.8, 4) is 0 Å². The third-order valence-electron chi connectivity index (χ3n) is 3.67. The molecule has 0 aliphatic heterocycles. The van der Waals surface area contributed by atoms with E-state index in [-0.39, 0.29) is 0 Å². The Hall–Kier alpha value is -0.313. The van der Waals surface area contributed by atoms with Crippen molar-refractivity contribution >= 4 is 23.8 Å². The Morgan fingerprint density at radius 3 is 2.06 bits per heavy atom. The van der Waals surface area contributed by atoms with Gasteiger partial charge in [-0.3, -0.25) is 0 Å². The molecule has 2 atom stereocenters. The molecule has 96 valence electrons. The Balaban J connectivity index is 3.19. The molecule has 0 spiro atoms. The van der Waals surface area contributed by atoms with Gasteiger partial charge in [0.25, 0.3) is 7.55 Å². The van der Waals surface area contributed by atoms with Crippen LogP contribution in [0.2, 0.25) is 5.54 Å². The van der Waals surface area contributed by atoms with Gasteiger partial charge < -0.3 is 4.57 Å². The molecule has 1 rings (SSSR count). The van der Waals surface area contributed by atoms with E-state index in [9.17, 15) is 0 Å². The lowest BCUT2D eigenvalue weighted by Crippen LogP contribution is -2.60. The predicted molar refractivity (Wildman–Crippen MR) is 80.3 cm³/mol. The lowest BCUT2D eigenvalue weighted by molar-refractivity contribution is 0.467. The van der Waals surface area contributed by atoms with Gasteiger partial charge in [-0.1, -0.05) is 64.4 Å². The molecule has 0 aromatic heterocycles. The second kappa shape index (κ2) is 6.57. The van der Waals surface area contributed by atoms with Crippen molar-refractivity contribution in [2.75, 3.05) is 13.1 Å². The Morgan fingerprint density at radius 1 is 1.12 bits per heavy atom. The summed E-state index contributed by atoms with van der Waals surface area (Å²) in [5.74, 6) is 0. The Bertz CT molecular complexity index is 326. The SMILES string of the molecule is CCC(C)[Si](Cl)(c1ccccc1)N(CC)CC. The lowest BCUT2D eigenvalue weighted by atomic mass is 10.4. The van der Waals surface area contributed by atoms with Gasteiger partial charge in [0, 0.05) is 0 Å². The first-order chi connectivity index (χ1) is 8.11. The second-order valence-electron chi connectivity index (χ2n) is 4.52. The van der Waals surface area contributed by atoms with Crippen molar-refractivity contribution in [1.82, 2.24) is 4.57 Å². The average Bonchev–Trinajstić information content (AvgIpc) is 2.39. The van der Waals surface area contributed by atoms with Crippen molar-refractivity contribution < 1.29 is 0 Å². The molecule has 1 aromatic rings. The molecule has 0 fully saturated rings. The van der Waals surface area contributed by atoms with Crippen molar-refractivity contribution in [3.05, 3.63) is 30.3 Å². The zero-order valence-corrected chi connectivity index (χ0v) is 13.2. The largest absolute Gasteiger partial charge is 0.309 e. The summed E-state index contributed by atoms with van der Waals surface area (Å²) < 4.78 is 2.48. The van der Waals surface area contributed by atoms with Crippen LogP contribution >= 0.6 is 11.1 Å². The molecule has 1 nitrogen and oxygen atoms in total. The van der Waals surface area contributed by atoms with E-state index in [1.165, 1.54) is 5.19 Å². The molecule has 0 N–H and O–H groups in total. The molecule has 0 bridgehead atoms. The highest BCUT2D eigenvalue weighted by Gasteiger charge is 2.43. The van der Waals surface area contributed by atoms with Crippen LogP contribution in [0.15, 0.2) is 30.3 Å². The van der Waals surface area contributed by atoms with Crippen LogP contribution in [0.5, 0.6) is 0 Å². The molecule has 1 aromatic carbocycles. The van der Waals surface area contributed by atoms with E-state index in [0.29, 0.717) is 5.54 Å². The molecule has 0 saturated carbocycles. The maximum Gasteiger partial charge on any atom is 0.263 e. The maximum absolute atomic E-state index is 7.15. The summed E-state index contributed by atoms with van der Waals surface area (Å²) >= 11 is 7.15. The van der Waals surface area contributed by atoms with Gasteiger partial charge in [0.2, 0.25) is 0 Å². The molecular weight excluding hydrogens is 246 g/mol. The van der Waals surface area contributed by atoms with Crippen LogP contribution in [-0.2, 0) is 0 Å². The topological polar surface area (TPSA) is 3.24 Å². The van der Waals surface area contributed by atoms with E-state index in [1.54, 1.807) is 0 Å². The smallest absolute Gasteiger partial charge is 0.263 e. The molecule has 0 amide bonds. The third-order valence-corrected chi connectivity index (χ3v) is 10.6. The summed E-state index contributed by atoms with van der Waals surface area (Å²) in [5, 5.41) is 1.35. The van der Waals surface area contributed by atoms with E-state index in [1.807, 2.05) is 0 Å². The number of hydrogen-bond donors (Lipinski definition) is 0. The number of halogens is 1. The number of nitrogens with zero attached hydrogens (tertiary/aromatic N) is 1. The number of benzene rings is 1. The zero-order chi connectivity index (χ0) is 12.9. The van der Waals surface area contributed by atoms with Gasteiger partial charge in [0.05, 0.1) is 0 Å². The summed E-state index contributed by atoms with van der Waals surface area (Å²) in [5.41, 5.74) is 0.562. The monoisotopic (exact) mass is 269 g/mol. The number of rotatable bonds is 6. The fourth-order valence-corrected chi connectivity index (χ4v) is 7.64. The van der Waals surface area contributed by atoms with Gasteiger partial charge in [0.1, 0.15) is 0 Å². The van der Waals surface area contributed by atoms with Crippen molar-refractivity contribution in [2.24, 2.45) is 0 Å². The van der Waals surface area contributed by atoms with Crippen LogP contribution in [0.3, 0.4) is 0 Å². The highest BCUT2D eigenvalue weighted by Crippen LogP contribution is 2.31. The molecule has 3 heteroatoms. The van der Waals surface area contributed by atoms with E-state index >= 15 is 0 Å². The Morgan fingerprint density at radius 2 is 1.65 bits per heavy atom. The quantitative estimate of drug-likeness (QED) is 0.562. The fourth-order valence-electron chi connectivity index (χ4n) is 2.40. The van der Waals surface area contributed by atoms with Gasteiger partial charge in [0.15, 0.2) is 0 Å². The van der Waals surface area contributed by atoms with E-state index in [2.05, 4.69) is 62.6 Å². The van der Waals surface area contributed by atoms with E-state index in [0.717, 1.165) is 19.5 Å². The van der Waals surface area contributed by atoms with Crippen LogP contribution in [0.1, 0.15) is 34.1 Å². The first kappa shape index (κ1) is 14.7. The normalized spacial score (nSPS) is 16.8. The third kappa shape index (κ3) is 2.93. The van der Waals surface area contributed by atoms with Crippen molar-refractivity contribution in [3.63, 3.8) is 0 Å². The van der Waals surface area contributed by atoms with Crippen LogP contribution < -0.4 is 5.19 Å². The second-order valence-corrected chi connectivity index (χ2v) is 9.79. The minimum absolute atomic E-state index is 0.562. The van der Waals surface area contributed by atoms with Crippen LogP contribution in [-0.4, -0.2) is 25.2 Å².